The largest absolute Gasteiger partial charge is 0.486 e. The zero-order chi connectivity index (χ0) is 17.6. The van der Waals surface area contributed by atoms with Crippen LogP contribution >= 0.6 is 0 Å². The molecule has 0 radical (unpaired) electrons. The van der Waals surface area contributed by atoms with E-state index in [2.05, 4.69) is 29.0 Å². The van der Waals surface area contributed by atoms with E-state index >= 15 is 0 Å². The fourth-order valence-corrected chi connectivity index (χ4v) is 2.90. The van der Waals surface area contributed by atoms with E-state index in [1.54, 1.807) is 0 Å². The summed E-state index contributed by atoms with van der Waals surface area (Å²) in [7, 11) is 0. The summed E-state index contributed by atoms with van der Waals surface area (Å²) in [6, 6.07) is 7.83. The zero-order valence-electron chi connectivity index (χ0n) is 15.2. The molecule has 1 N–H and O–H groups in total. The normalized spacial score (nSPS) is 12.8. The van der Waals surface area contributed by atoms with Gasteiger partial charge in [-0.15, -0.1) is 0 Å². The molecule has 0 fully saturated rings. The van der Waals surface area contributed by atoms with E-state index in [4.69, 9.17) is 14.5 Å². The number of aromatic nitrogens is 2. The maximum atomic E-state index is 5.64. The van der Waals surface area contributed by atoms with Crippen LogP contribution in [0.3, 0.4) is 0 Å². The van der Waals surface area contributed by atoms with Gasteiger partial charge < -0.3 is 19.7 Å². The Morgan fingerprint density at radius 2 is 1.72 bits per heavy atom. The van der Waals surface area contributed by atoms with Crippen LogP contribution in [0, 0.1) is 6.92 Å². The summed E-state index contributed by atoms with van der Waals surface area (Å²) in [5.74, 6) is 3.10. The highest BCUT2D eigenvalue weighted by atomic mass is 16.6. The molecule has 0 aliphatic carbocycles. The monoisotopic (exact) mass is 342 g/mol. The van der Waals surface area contributed by atoms with E-state index in [9.17, 15) is 0 Å². The minimum Gasteiger partial charge on any atom is -0.486 e. The number of nitrogens with one attached hydrogen (secondary N) is 1. The van der Waals surface area contributed by atoms with Crippen molar-refractivity contribution in [3.63, 3.8) is 0 Å². The van der Waals surface area contributed by atoms with Gasteiger partial charge in [0.25, 0.3) is 0 Å². The molecular weight excluding hydrogens is 316 g/mol. The second-order valence-electron chi connectivity index (χ2n) is 6.16. The molecule has 0 saturated carbocycles. The molecule has 2 heterocycles. The highest BCUT2D eigenvalue weighted by molar-refractivity contribution is 5.61. The maximum Gasteiger partial charge on any atom is 0.229 e. The van der Waals surface area contributed by atoms with Crippen molar-refractivity contribution in [3.05, 3.63) is 30.0 Å². The molecule has 0 unspecified atom stereocenters. The smallest absolute Gasteiger partial charge is 0.229 e. The molecule has 0 bridgehead atoms. The summed E-state index contributed by atoms with van der Waals surface area (Å²) >= 11 is 0. The maximum absolute atomic E-state index is 5.64. The quantitative estimate of drug-likeness (QED) is 0.823. The highest BCUT2D eigenvalue weighted by Gasteiger charge is 2.13. The number of hydrogen-bond acceptors (Lipinski definition) is 6. The van der Waals surface area contributed by atoms with Crippen molar-refractivity contribution in [2.75, 3.05) is 36.5 Å². The molecule has 6 nitrogen and oxygen atoms in total. The van der Waals surface area contributed by atoms with Gasteiger partial charge in [-0.05, 0) is 31.9 Å². The van der Waals surface area contributed by atoms with E-state index in [-0.39, 0.29) is 0 Å². The van der Waals surface area contributed by atoms with Crippen LogP contribution < -0.4 is 19.7 Å². The third kappa shape index (κ3) is 4.32. The van der Waals surface area contributed by atoms with Gasteiger partial charge in [-0.1, -0.05) is 13.8 Å². The van der Waals surface area contributed by atoms with Crippen LogP contribution in [-0.4, -0.2) is 36.3 Å². The molecule has 0 spiro atoms. The van der Waals surface area contributed by atoms with Gasteiger partial charge in [-0.3, -0.25) is 0 Å². The van der Waals surface area contributed by atoms with Crippen molar-refractivity contribution in [2.24, 2.45) is 0 Å². The van der Waals surface area contributed by atoms with Gasteiger partial charge >= 0.3 is 0 Å². The molecule has 1 aromatic carbocycles. The van der Waals surface area contributed by atoms with Crippen molar-refractivity contribution in [2.45, 2.75) is 33.6 Å². The van der Waals surface area contributed by atoms with Crippen LogP contribution in [0.25, 0.3) is 0 Å². The Labute approximate surface area is 149 Å². The molecule has 134 valence electrons. The topological polar surface area (TPSA) is 59.5 Å². The van der Waals surface area contributed by atoms with E-state index < -0.39 is 0 Å². The van der Waals surface area contributed by atoms with Gasteiger partial charge in [0.2, 0.25) is 5.95 Å². The molecule has 3 rings (SSSR count). The van der Waals surface area contributed by atoms with Crippen LogP contribution in [-0.2, 0) is 0 Å². The Morgan fingerprint density at radius 3 is 2.44 bits per heavy atom. The van der Waals surface area contributed by atoms with Gasteiger partial charge in [-0.2, -0.15) is 4.98 Å². The average Bonchev–Trinajstić information content (AvgIpc) is 2.61. The number of aryl methyl sites for hydroxylation is 1. The van der Waals surface area contributed by atoms with E-state index in [0.717, 1.165) is 54.6 Å². The van der Waals surface area contributed by atoms with Gasteiger partial charge in [0, 0.05) is 36.6 Å². The third-order valence-corrected chi connectivity index (χ3v) is 3.95. The van der Waals surface area contributed by atoms with Crippen molar-refractivity contribution in [3.8, 4) is 11.5 Å². The molecule has 0 amide bonds. The van der Waals surface area contributed by atoms with Crippen molar-refractivity contribution in [1.82, 2.24) is 9.97 Å². The van der Waals surface area contributed by atoms with Gasteiger partial charge in [0.1, 0.15) is 19.0 Å². The Hall–Kier alpha value is -2.50. The van der Waals surface area contributed by atoms with Crippen LogP contribution in [0.15, 0.2) is 24.3 Å². The fraction of sp³-hybridized carbons (Fsp3) is 0.474. The van der Waals surface area contributed by atoms with Crippen LogP contribution in [0.5, 0.6) is 11.5 Å². The van der Waals surface area contributed by atoms with E-state index in [0.29, 0.717) is 19.2 Å². The second kappa shape index (κ2) is 8.05. The van der Waals surface area contributed by atoms with Crippen molar-refractivity contribution in [1.29, 1.82) is 0 Å². The number of hydrogen-bond donors (Lipinski definition) is 1. The predicted molar refractivity (Wildman–Crippen MR) is 100 cm³/mol. The Bertz CT molecular complexity index is 715. The number of nitrogens with zero attached hydrogens (tertiary/aromatic N) is 3. The average molecular weight is 342 g/mol. The van der Waals surface area contributed by atoms with Crippen LogP contribution in [0.4, 0.5) is 17.5 Å². The number of fused-ring (bicyclic) bond motifs is 1. The first-order valence-corrected chi connectivity index (χ1v) is 8.97. The third-order valence-electron chi connectivity index (χ3n) is 3.95. The Balaban J connectivity index is 1.82. The number of ether oxygens (including phenoxy) is 2. The van der Waals surface area contributed by atoms with Gasteiger partial charge in [0.05, 0.1) is 0 Å². The van der Waals surface area contributed by atoms with Crippen molar-refractivity contribution >= 4 is 17.5 Å². The minimum atomic E-state index is 0.574. The lowest BCUT2D eigenvalue weighted by Gasteiger charge is -2.23. The lowest BCUT2D eigenvalue weighted by molar-refractivity contribution is 0.171. The van der Waals surface area contributed by atoms with Crippen LogP contribution in [0.2, 0.25) is 0 Å². The van der Waals surface area contributed by atoms with Crippen molar-refractivity contribution < 1.29 is 9.47 Å². The highest BCUT2D eigenvalue weighted by Crippen LogP contribution is 2.33. The molecule has 2 aromatic rings. The second-order valence-corrected chi connectivity index (χ2v) is 6.16. The fourth-order valence-electron chi connectivity index (χ4n) is 2.90. The van der Waals surface area contributed by atoms with Gasteiger partial charge in [0.15, 0.2) is 11.5 Å². The summed E-state index contributed by atoms with van der Waals surface area (Å²) < 4.78 is 11.2. The van der Waals surface area contributed by atoms with Gasteiger partial charge in [-0.25, -0.2) is 4.98 Å². The molecule has 25 heavy (non-hydrogen) atoms. The summed E-state index contributed by atoms with van der Waals surface area (Å²) in [6.07, 6.45) is 2.18. The number of rotatable bonds is 7. The van der Waals surface area contributed by atoms with E-state index in [1.807, 2.05) is 31.2 Å². The predicted octanol–water partition coefficient (Wildman–Crippen LogP) is 3.93. The molecule has 0 atom stereocenters. The lowest BCUT2D eigenvalue weighted by atomic mass is 10.2. The first kappa shape index (κ1) is 17.3. The molecule has 0 saturated heterocycles. The molecule has 6 heteroatoms. The number of benzene rings is 1. The molecule has 1 aliphatic heterocycles. The van der Waals surface area contributed by atoms with E-state index in [1.165, 1.54) is 0 Å². The molecule has 1 aliphatic rings. The SMILES string of the molecule is CCCN(CCC)c1cc(C)nc(Nc2ccc3c(c2)OCCO3)n1. The zero-order valence-corrected chi connectivity index (χ0v) is 15.2. The lowest BCUT2D eigenvalue weighted by Crippen LogP contribution is -2.26. The minimum absolute atomic E-state index is 0.574. The molecular formula is C19H26N4O2. The Morgan fingerprint density at radius 1 is 1.00 bits per heavy atom. The Kier molecular flexibility index (Phi) is 5.58. The number of anilines is 3. The summed E-state index contributed by atoms with van der Waals surface area (Å²) in [5.41, 5.74) is 1.83. The summed E-state index contributed by atoms with van der Waals surface area (Å²) in [4.78, 5) is 11.5. The first-order chi connectivity index (χ1) is 12.2. The summed E-state index contributed by atoms with van der Waals surface area (Å²) in [6.45, 7) is 9.52. The standard InChI is InChI=1S/C19H26N4O2/c1-4-8-23(9-5-2)18-12-14(3)20-19(22-18)21-15-6-7-16-17(13-15)25-11-10-24-16/h6-7,12-13H,4-5,8-11H2,1-3H3,(H,20,21,22). The summed E-state index contributed by atoms with van der Waals surface area (Å²) in [5, 5.41) is 3.29. The molecule has 1 aromatic heterocycles. The first-order valence-electron chi connectivity index (χ1n) is 8.97. The van der Waals surface area contributed by atoms with Crippen LogP contribution in [0.1, 0.15) is 32.4 Å².